The third-order valence-corrected chi connectivity index (χ3v) is 2.92. The van der Waals surface area contributed by atoms with Crippen molar-refractivity contribution in [2.45, 2.75) is 6.92 Å². The number of ether oxygens (including phenoxy) is 1. The minimum Gasteiger partial charge on any atom is -0.497 e. The van der Waals surface area contributed by atoms with E-state index in [1.54, 1.807) is 19.1 Å². The second kappa shape index (κ2) is 5.61. The Balaban J connectivity index is 2.32. The van der Waals surface area contributed by atoms with Crippen molar-refractivity contribution in [1.82, 2.24) is 0 Å². The van der Waals surface area contributed by atoms with Crippen LogP contribution >= 0.6 is 0 Å². The van der Waals surface area contributed by atoms with Gasteiger partial charge in [0.1, 0.15) is 11.6 Å². The molecule has 0 aromatic heterocycles. The third kappa shape index (κ3) is 2.88. The molecule has 0 saturated heterocycles. The van der Waals surface area contributed by atoms with Gasteiger partial charge in [-0.15, -0.1) is 0 Å². The highest BCUT2D eigenvalue weighted by Gasteiger charge is 2.08. The van der Waals surface area contributed by atoms with Crippen LogP contribution in [0.1, 0.15) is 15.9 Å². The summed E-state index contributed by atoms with van der Waals surface area (Å²) in [4.78, 5) is 10.9. The van der Waals surface area contributed by atoms with E-state index in [-0.39, 0.29) is 11.3 Å². The fraction of sp³-hybridized carbons (Fsp3) is 0.133. The van der Waals surface area contributed by atoms with E-state index in [0.29, 0.717) is 17.0 Å². The molecule has 0 saturated carbocycles. The van der Waals surface area contributed by atoms with Crippen molar-refractivity contribution in [1.29, 1.82) is 0 Å². The van der Waals surface area contributed by atoms with E-state index in [1.807, 2.05) is 0 Å². The molecule has 2 N–H and O–H groups in total. The van der Waals surface area contributed by atoms with Gasteiger partial charge in [0, 0.05) is 11.8 Å². The fourth-order valence-electron chi connectivity index (χ4n) is 1.81. The van der Waals surface area contributed by atoms with Crippen molar-refractivity contribution in [3.8, 4) is 5.75 Å². The molecule has 0 aliphatic rings. The maximum Gasteiger partial charge on any atom is 0.335 e. The standard InChI is InChI=1S/C15H14FNO3/c1-9-7-10(15(18)19)3-6-13(9)17-14-8-11(20-2)4-5-12(14)16/h3-8,17H,1-2H3,(H,18,19). The first-order valence-electron chi connectivity index (χ1n) is 5.96. The summed E-state index contributed by atoms with van der Waals surface area (Å²) in [5, 5.41) is 11.8. The zero-order valence-corrected chi connectivity index (χ0v) is 11.1. The van der Waals surface area contributed by atoms with E-state index in [0.717, 1.165) is 0 Å². The number of nitrogens with one attached hydrogen (secondary N) is 1. The quantitative estimate of drug-likeness (QED) is 0.895. The molecule has 0 aliphatic heterocycles. The lowest BCUT2D eigenvalue weighted by Crippen LogP contribution is -2.00. The first-order chi connectivity index (χ1) is 9.51. The first kappa shape index (κ1) is 13.9. The number of carboxylic acids is 1. The van der Waals surface area contributed by atoms with Crippen LogP contribution in [0.4, 0.5) is 15.8 Å². The summed E-state index contributed by atoms with van der Waals surface area (Å²) in [5.41, 5.74) is 1.82. The number of benzene rings is 2. The number of hydrogen-bond acceptors (Lipinski definition) is 3. The molecule has 0 aliphatic carbocycles. The fourth-order valence-corrected chi connectivity index (χ4v) is 1.81. The van der Waals surface area contributed by atoms with Crippen LogP contribution in [0.5, 0.6) is 5.75 Å². The van der Waals surface area contributed by atoms with Gasteiger partial charge in [-0.05, 0) is 42.8 Å². The molecule has 104 valence electrons. The molecule has 20 heavy (non-hydrogen) atoms. The maximum absolute atomic E-state index is 13.7. The van der Waals surface area contributed by atoms with Crippen molar-refractivity contribution in [3.05, 3.63) is 53.3 Å². The molecular weight excluding hydrogens is 261 g/mol. The predicted octanol–water partition coefficient (Wildman–Crippen LogP) is 3.58. The minimum absolute atomic E-state index is 0.194. The number of carbonyl (C=O) groups is 1. The Morgan fingerprint density at radius 2 is 1.95 bits per heavy atom. The van der Waals surface area contributed by atoms with Crippen molar-refractivity contribution in [3.63, 3.8) is 0 Å². The van der Waals surface area contributed by atoms with Crippen molar-refractivity contribution in [2.24, 2.45) is 0 Å². The zero-order valence-electron chi connectivity index (χ0n) is 11.1. The van der Waals surface area contributed by atoms with Gasteiger partial charge in [0.15, 0.2) is 0 Å². The van der Waals surface area contributed by atoms with Gasteiger partial charge in [-0.2, -0.15) is 0 Å². The lowest BCUT2D eigenvalue weighted by atomic mass is 10.1. The van der Waals surface area contributed by atoms with Crippen molar-refractivity contribution in [2.75, 3.05) is 12.4 Å². The summed E-state index contributed by atoms with van der Waals surface area (Å²) in [5.74, 6) is -0.867. The topological polar surface area (TPSA) is 58.6 Å². The summed E-state index contributed by atoms with van der Waals surface area (Å²) in [6.45, 7) is 1.76. The van der Waals surface area contributed by atoms with Crippen LogP contribution in [0.2, 0.25) is 0 Å². The van der Waals surface area contributed by atoms with E-state index in [2.05, 4.69) is 5.32 Å². The molecule has 0 heterocycles. The van der Waals surface area contributed by atoms with Gasteiger partial charge in [-0.25, -0.2) is 9.18 Å². The molecule has 0 fully saturated rings. The molecule has 2 aromatic rings. The number of aryl methyl sites for hydroxylation is 1. The molecule has 0 atom stereocenters. The number of methoxy groups -OCH3 is 1. The van der Waals surface area contributed by atoms with Crippen LogP contribution in [0.3, 0.4) is 0 Å². The predicted molar refractivity (Wildman–Crippen MR) is 74.4 cm³/mol. The highest BCUT2D eigenvalue weighted by atomic mass is 19.1. The Morgan fingerprint density at radius 1 is 1.20 bits per heavy atom. The van der Waals surface area contributed by atoms with E-state index in [4.69, 9.17) is 9.84 Å². The average Bonchev–Trinajstić information content (AvgIpc) is 2.43. The first-order valence-corrected chi connectivity index (χ1v) is 5.96. The van der Waals surface area contributed by atoms with Crippen LogP contribution in [-0.4, -0.2) is 18.2 Å². The molecule has 2 rings (SSSR count). The van der Waals surface area contributed by atoms with Crippen molar-refractivity contribution < 1.29 is 19.0 Å². The molecule has 0 spiro atoms. The summed E-state index contributed by atoms with van der Waals surface area (Å²) in [6.07, 6.45) is 0. The van der Waals surface area contributed by atoms with Crippen LogP contribution in [-0.2, 0) is 0 Å². The average molecular weight is 275 g/mol. The lowest BCUT2D eigenvalue weighted by molar-refractivity contribution is 0.0697. The van der Waals surface area contributed by atoms with Crippen LogP contribution in [0.15, 0.2) is 36.4 Å². The third-order valence-electron chi connectivity index (χ3n) is 2.92. The van der Waals surface area contributed by atoms with Gasteiger partial charge in [-0.1, -0.05) is 0 Å². The Labute approximate surface area is 115 Å². The summed E-state index contributed by atoms with van der Waals surface area (Å²) < 4.78 is 18.8. The molecular formula is C15H14FNO3. The number of halogens is 1. The smallest absolute Gasteiger partial charge is 0.335 e. The van der Waals surface area contributed by atoms with E-state index >= 15 is 0 Å². The highest BCUT2D eigenvalue weighted by molar-refractivity contribution is 5.88. The van der Waals surface area contributed by atoms with Crippen molar-refractivity contribution >= 4 is 17.3 Å². The SMILES string of the molecule is COc1ccc(F)c(Nc2ccc(C(=O)O)cc2C)c1. The summed E-state index contributed by atoms with van der Waals surface area (Å²) >= 11 is 0. The Kier molecular flexibility index (Phi) is 3.89. The van der Waals surface area contributed by atoms with Gasteiger partial charge in [-0.3, -0.25) is 0 Å². The van der Waals surface area contributed by atoms with E-state index < -0.39 is 11.8 Å². The van der Waals surface area contributed by atoms with Crippen LogP contribution < -0.4 is 10.1 Å². The summed E-state index contributed by atoms with van der Waals surface area (Å²) in [6, 6.07) is 8.99. The lowest BCUT2D eigenvalue weighted by Gasteiger charge is -2.12. The molecule has 0 amide bonds. The van der Waals surface area contributed by atoms with Gasteiger partial charge in [0.25, 0.3) is 0 Å². The molecule has 0 radical (unpaired) electrons. The second-order valence-electron chi connectivity index (χ2n) is 4.31. The number of anilines is 2. The zero-order chi connectivity index (χ0) is 14.7. The maximum atomic E-state index is 13.7. The highest BCUT2D eigenvalue weighted by Crippen LogP contribution is 2.26. The molecule has 2 aromatic carbocycles. The number of rotatable bonds is 4. The Morgan fingerprint density at radius 3 is 2.55 bits per heavy atom. The largest absolute Gasteiger partial charge is 0.497 e. The van der Waals surface area contributed by atoms with E-state index in [9.17, 15) is 9.18 Å². The monoisotopic (exact) mass is 275 g/mol. The van der Waals surface area contributed by atoms with Crippen LogP contribution in [0.25, 0.3) is 0 Å². The molecule has 0 unspecified atom stereocenters. The van der Waals surface area contributed by atoms with Gasteiger partial charge in [0.2, 0.25) is 0 Å². The van der Waals surface area contributed by atoms with Gasteiger partial charge >= 0.3 is 5.97 Å². The Hall–Kier alpha value is -2.56. The summed E-state index contributed by atoms with van der Waals surface area (Å²) in [7, 11) is 1.50. The number of carboxylic acid groups (broad SMARTS) is 1. The molecule has 5 heteroatoms. The van der Waals surface area contributed by atoms with Crippen LogP contribution in [0, 0.1) is 12.7 Å². The Bertz CT molecular complexity index is 656. The van der Waals surface area contributed by atoms with Gasteiger partial charge < -0.3 is 15.2 Å². The number of hydrogen-bond donors (Lipinski definition) is 2. The van der Waals surface area contributed by atoms with E-state index in [1.165, 1.54) is 31.4 Å². The van der Waals surface area contributed by atoms with Gasteiger partial charge in [0.05, 0.1) is 18.4 Å². The minimum atomic E-state index is -0.993. The normalized spacial score (nSPS) is 10.2. The molecule has 0 bridgehead atoms. The number of aromatic carboxylic acids is 1. The second-order valence-corrected chi connectivity index (χ2v) is 4.31. The molecule has 4 nitrogen and oxygen atoms in total.